The Balaban J connectivity index is 4.08. The summed E-state index contributed by atoms with van der Waals surface area (Å²) in [6.45, 7) is 5.23. The van der Waals surface area contributed by atoms with Crippen LogP contribution in [0.25, 0.3) is 0 Å². The molecule has 0 spiro atoms. The van der Waals surface area contributed by atoms with Crippen LogP contribution in [0.5, 0.6) is 0 Å². The van der Waals surface area contributed by atoms with Gasteiger partial charge in [0.25, 0.3) is 0 Å². The minimum absolute atomic E-state index is 0.0472. The highest BCUT2D eigenvalue weighted by molar-refractivity contribution is 7.58. The van der Waals surface area contributed by atoms with E-state index < -0.39 is 5.85 Å². The highest BCUT2D eigenvalue weighted by Gasteiger charge is 2.24. The molecule has 0 radical (unpaired) electrons. The number of hydrogen-bond acceptors (Lipinski definition) is 2. The van der Waals surface area contributed by atoms with E-state index in [4.69, 9.17) is 0 Å². The summed E-state index contributed by atoms with van der Waals surface area (Å²) in [4.78, 5) is 13.2. The number of aliphatic hydroxyl groups is 1. The summed E-state index contributed by atoms with van der Waals surface area (Å²) in [5.74, 6) is -0.330. The van der Waals surface area contributed by atoms with Gasteiger partial charge in [-0.3, -0.25) is 4.79 Å². The van der Waals surface area contributed by atoms with Gasteiger partial charge in [-0.1, -0.05) is 180 Å². The fourth-order valence-electron chi connectivity index (χ4n) is 6.48. The molecule has 0 aliphatic carbocycles. The van der Waals surface area contributed by atoms with Crippen LogP contribution in [0.3, 0.4) is 0 Å². The summed E-state index contributed by atoms with van der Waals surface area (Å²) in [5, 5.41) is 10.6. The van der Waals surface area contributed by atoms with E-state index >= 15 is 0 Å². The zero-order chi connectivity index (χ0) is 33.3. The van der Waals surface area contributed by atoms with Gasteiger partial charge in [-0.15, -0.1) is 0 Å². The number of rotatable bonds is 36. The summed E-state index contributed by atoms with van der Waals surface area (Å²) in [5.41, 5.74) is 0.342. The van der Waals surface area contributed by atoms with Gasteiger partial charge in [-0.05, 0) is 47.1 Å². The Labute approximate surface area is 285 Å². The summed E-state index contributed by atoms with van der Waals surface area (Å²) in [6.07, 6.45) is 44.6. The van der Waals surface area contributed by atoms with Crippen LogP contribution in [0, 0.1) is 5.92 Å². The maximum Gasteiger partial charge on any atom is 0.157 e. The van der Waals surface area contributed by atoms with Crippen molar-refractivity contribution in [2.75, 3.05) is 27.7 Å². The summed E-state index contributed by atoms with van der Waals surface area (Å²) < 4.78 is 0.707. The number of aliphatic hydroxyl groups excluding tert-OH is 1. The van der Waals surface area contributed by atoms with E-state index in [1.54, 1.807) is 0 Å². The minimum atomic E-state index is -0.492. The van der Waals surface area contributed by atoms with E-state index in [0.29, 0.717) is 16.6 Å². The second-order valence-electron chi connectivity index (χ2n) is 15.3. The average molecular weight is 653 g/mol. The Bertz CT molecular complexity index is 644. The van der Waals surface area contributed by atoms with Crippen molar-refractivity contribution in [2.24, 2.45) is 5.92 Å². The third-order valence-electron chi connectivity index (χ3n) is 9.37. The molecular formula is C41H83NO2P+. The van der Waals surface area contributed by atoms with Crippen LogP contribution in [0.15, 0.2) is 12.2 Å². The molecule has 0 aliphatic rings. The molecule has 3 unspecified atom stereocenters. The third-order valence-corrected chi connectivity index (χ3v) is 10.6. The first-order chi connectivity index (χ1) is 21.8. The predicted molar refractivity (Wildman–Crippen MR) is 205 cm³/mol. The lowest BCUT2D eigenvalue weighted by Gasteiger charge is -2.27. The lowest BCUT2D eigenvalue weighted by Crippen LogP contribution is -2.40. The van der Waals surface area contributed by atoms with Crippen LogP contribution in [-0.4, -0.2) is 48.6 Å². The number of nitrogens with zero attached hydrogens (tertiary/aromatic N) is 1. The van der Waals surface area contributed by atoms with Gasteiger partial charge in [-0.25, -0.2) is 0 Å². The van der Waals surface area contributed by atoms with Gasteiger partial charge in [-0.2, -0.15) is 0 Å². The van der Waals surface area contributed by atoms with Crippen LogP contribution in [-0.2, 0) is 4.79 Å². The molecule has 45 heavy (non-hydrogen) atoms. The largest absolute Gasteiger partial charge is 0.383 e. The Hall–Kier alpha value is -0.240. The van der Waals surface area contributed by atoms with Crippen molar-refractivity contribution in [3.05, 3.63) is 12.2 Å². The molecule has 0 bridgehead atoms. The zero-order valence-corrected chi connectivity index (χ0v) is 32.5. The first-order valence-corrected chi connectivity index (χ1v) is 21.3. The SMILES string of the molecule is CCCCCCCC/C=C\CCCCCCC(CCCCCCCCCCCCCCCCCC)C(=O)PC(O)C[N+](C)(C)C. The lowest BCUT2D eigenvalue weighted by atomic mass is 9.95. The summed E-state index contributed by atoms with van der Waals surface area (Å²) in [6, 6.07) is 0. The predicted octanol–water partition coefficient (Wildman–Crippen LogP) is 13.1. The van der Waals surface area contributed by atoms with E-state index in [2.05, 4.69) is 47.1 Å². The molecule has 0 saturated carbocycles. The number of unbranched alkanes of at least 4 members (excludes halogenated alkanes) is 25. The van der Waals surface area contributed by atoms with Gasteiger partial charge in [0.2, 0.25) is 0 Å². The Morgan fingerprint density at radius 1 is 0.533 bits per heavy atom. The second-order valence-corrected chi connectivity index (χ2v) is 16.8. The molecule has 0 aliphatic heterocycles. The van der Waals surface area contributed by atoms with Crippen LogP contribution in [0.2, 0.25) is 0 Å². The number of hydrogen-bond donors (Lipinski definition) is 1. The molecule has 0 aromatic heterocycles. The number of carbonyl (C=O) groups excluding carboxylic acids is 1. The fourth-order valence-corrected chi connectivity index (χ4v) is 7.97. The average Bonchev–Trinajstić information content (AvgIpc) is 2.98. The highest BCUT2D eigenvalue weighted by Crippen LogP contribution is 2.30. The molecule has 4 heteroatoms. The first-order valence-electron chi connectivity index (χ1n) is 20.2. The topological polar surface area (TPSA) is 37.3 Å². The standard InChI is InChI=1S/C41H83NO2P/c1-6-8-10-12-14-16-18-20-22-23-25-27-29-31-33-35-37-39(41(44)45-40(43)38-42(3,4)5)36-34-32-30-28-26-24-21-19-17-15-13-11-9-7-2/h21,24,39-40,43,45H,6-20,22-23,25-38H2,1-5H3/q+1/b24-21-. The molecule has 0 amide bonds. The van der Waals surface area contributed by atoms with Crippen LogP contribution in [0.1, 0.15) is 206 Å². The molecule has 3 atom stereocenters. The van der Waals surface area contributed by atoms with Crippen LogP contribution >= 0.6 is 8.58 Å². The Morgan fingerprint density at radius 3 is 1.18 bits per heavy atom. The van der Waals surface area contributed by atoms with Gasteiger partial charge in [0.15, 0.2) is 5.52 Å². The van der Waals surface area contributed by atoms with Gasteiger partial charge >= 0.3 is 0 Å². The normalized spacial score (nSPS) is 13.8. The smallest absolute Gasteiger partial charge is 0.157 e. The molecule has 3 nitrogen and oxygen atoms in total. The van der Waals surface area contributed by atoms with E-state index in [1.807, 2.05) is 0 Å². The van der Waals surface area contributed by atoms with Gasteiger partial charge in [0.05, 0.1) is 21.1 Å². The number of likely N-dealkylation sites (N-methyl/N-ethyl adjacent to an activating group) is 1. The molecule has 0 rings (SSSR count). The molecule has 0 heterocycles. The minimum Gasteiger partial charge on any atom is -0.383 e. The first kappa shape index (κ1) is 44.8. The van der Waals surface area contributed by atoms with Crippen molar-refractivity contribution in [3.63, 3.8) is 0 Å². The van der Waals surface area contributed by atoms with Crippen molar-refractivity contribution in [2.45, 2.75) is 212 Å². The van der Waals surface area contributed by atoms with Gasteiger partial charge < -0.3 is 9.59 Å². The van der Waals surface area contributed by atoms with Crippen molar-refractivity contribution < 1.29 is 14.4 Å². The van der Waals surface area contributed by atoms with Crippen molar-refractivity contribution in [1.29, 1.82) is 0 Å². The maximum atomic E-state index is 13.2. The molecule has 0 aromatic carbocycles. The molecule has 268 valence electrons. The van der Waals surface area contributed by atoms with E-state index in [0.717, 1.165) is 19.3 Å². The maximum absolute atomic E-state index is 13.2. The van der Waals surface area contributed by atoms with E-state index in [9.17, 15) is 9.90 Å². The summed E-state index contributed by atoms with van der Waals surface area (Å²) >= 11 is 0. The second kappa shape index (κ2) is 33.7. The molecular weight excluding hydrogens is 569 g/mol. The molecule has 0 aromatic rings. The van der Waals surface area contributed by atoms with Crippen LogP contribution < -0.4 is 0 Å². The number of allylic oxidation sites excluding steroid dienone is 2. The van der Waals surface area contributed by atoms with Crippen molar-refractivity contribution in [1.82, 2.24) is 0 Å². The quantitative estimate of drug-likeness (QED) is 0.0316. The van der Waals surface area contributed by atoms with Crippen molar-refractivity contribution in [3.8, 4) is 0 Å². The highest BCUT2D eigenvalue weighted by atomic mass is 31.1. The molecule has 0 saturated heterocycles. The fraction of sp³-hybridized carbons (Fsp3) is 0.927. The third kappa shape index (κ3) is 34.9. The molecule has 0 fully saturated rings. The number of carbonyl (C=O) groups is 1. The molecule has 1 N–H and O–H groups in total. The van der Waals surface area contributed by atoms with Crippen molar-refractivity contribution >= 4 is 14.1 Å². The van der Waals surface area contributed by atoms with Gasteiger partial charge in [0.1, 0.15) is 12.4 Å². The van der Waals surface area contributed by atoms with E-state index in [1.165, 1.54) is 173 Å². The monoisotopic (exact) mass is 653 g/mol. The van der Waals surface area contributed by atoms with E-state index in [-0.39, 0.29) is 14.5 Å². The number of quaternary nitrogens is 1. The van der Waals surface area contributed by atoms with Crippen LogP contribution in [0.4, 0.5) is 0 Å². The summed E-state index contributed by atoms with van der Waals surface area (Å²) in [7, 11) is 6.33. The Morgan fingerprint density at radius 2 is 0.844 bits per heavy atom. The Kier molecular flexibility index (Phi) is 33.5. The lowest BCUT2D eigenvalue weighted by molar-refractivity contribution is -0.871. The zero-order valence-electron chi connectivity index (χ0n) is 31.5. The van der Waals surface area contributed by atoms with Gasteiger partial charge in [0, 0.05) is 5.92 Å².